The van der Waals surface area contributed by atoms with Gasteiger partial charge < -0.3 is 5.32 Å². The van der Waals surface area contributed by atoms with Gasteiger partial charge in [0.1, 0.15) is 0 Å². The van der Waals surface area contributed by atoms with Crippen molar-refractivity contribution in [1.29, 1.82) is 0 Å². The van der Waals surface area contributed by atoms with Gasteiger partial charge in [0.15, 0.2) is 0 Å². The summed E-state index contributed by atoms with van der Waals surface area (Å²) in [4.78, 5) is 17.0. The minimum atomic E-state index is -0.103. The lowest BCUT2D eigenvalue weighted by atomic mass is 10.0. The zero-order valence-electron chi connectivity index (χ0n) is 15.7. The van der Waals surface area contributed by atoms with Gasteiger partial charge in [-0.1, -0.05) is 32.0 Å². The second-order valence-corrected chi connectivity index (χ2v) is 6.80. The minimum absolute atomic E-state index is 0.103. The number of aromatic nitrogens is 3. The van der Waals surface area contributed by atoms with Crippen LogP contribution in [0.5, 0.6) is 0 Å². The Hall–Kier alpha value is -2.95. The summed E-state index contributed by atoms with van der Waals surface area (Å²) in [5.41, 5.74) is 5.42. The molecule has 0 radical (unpaired) electrons. The van der Waals surface area contributed by atoms with Crippen LogP contribution in [0.15, 0.2) is 48.8 Å². The van der Waals surface area contributed by atoms with Gasteiger partial charge in [-0.3, -0.25) is 9.78 Å². The summed E-state index contributed by atoms with van der Waals surface area (Å²) in [5, 5.41) is 7.66. The average molecular weight is 348 g/mol. The van der Waals surface area contributed by atoms with E-state index in [1.54, 1.807) is 12.4 Å². The molecule has 3 rings (SSSR count). The number of amides is 1. The van der Waals surface area contributed by atoms with Crippen molar-refractivity contribution in [3.8, 4) is 5.69 Å². The molecule has 5 nitrogen and oxygen atoms in total. The molecule has 0 bridgehead atoms. The quantitative estimate of drug-likeness (QED) is 0.760. The third-order valence-corrected chi connectivity index (χ3v) is 4.29. The number of nitrogens with one attached hydrogen (secondary N) is 1. The van der Waals surface area contributed by atoms with Crippen LogP contribution >= 0.6 is 0 Å². The van der Waals surface area contributed by atoms with Crippen molar-refractivity contribution in [2.45, 2.75) is 40.2 Å². The normalized spacial score (nSPS) is 11.0. The molecular weight excluding hydrogens is 324 g/mol. The molecule has 0 atom stereocenters. The van der Waals surface area contributed by atoms with Crippen LogP contribution in [0.1, 0.15) is 52.6 Å². The molecule has 3 aromatic rings. The van der Waals surface area contributed by atoms with E-state index in [-0.39, 0.29) is 11.8 Å². The highest BCUT2D eigenvalue weighted by Gasteiger charge is 2.24. The van der Waals surface area contributed by atoms with Crippen LogP contribution < -0.4 is 5.32 Å². The number of pyridine rings is 1. The largest absolute Gasteiger partial charge is 0.348 e. The molecule has 5 heteroatoms. The summed E-state index contributed by atoms with van der Waals surface area (Å²) in [6, 6.07) is 12.0. The van der Waals surface area contributed by atoms with Crippen LogP contribution in [-0.2, 0) is 6.54 Å². The summed E-state index contributed by atoms with van der Waals surface area (Å²) in [7, 11) is 0. The molecule has 0 saturated carbocycles. The van der Waals surface area contributed by atoms with Crippen molar-refractivity contribution in [3.05, 3.63) is 76.9 Å². The van der Waals surface area contributed by atoms with E-state index < -0.39 is 0 Å². The van der Waals surface area contributed by atoms with E-state index in [0.29, 0.717) is 12.1 Å². The van der Waals surface area contributed by atoms with Crippen LogP contribution in [-0.4, -0.2) is 20.7 Å². The number of nitrogens with zero attached hydrogens (tertiary/aromatic N) is 3. The van der Waals surface area contributed by atoms with Crippen molar-refractivity contribution in [2.24, 2.45) is 0 Å². The molecule has 26 heavy (non-hydrogen) atoms. The highest BCUT2D eigenvalue weighted by molar-refractivity contribution is 5.96. The summed E-state index contributed by atoms with van der Waals surface area (Å²) in [5.74, 6) is 0.0600. The summed E-state index contributed by atoms with van der Waals surface area (Å²) < 4.78 is 1.89. The van der Waals surface area contributed by atoms with Crippen molar-refractivity contribution >= 4 is 5.91 Å². The van der Waals surface area contributed by atoms with Crippen LogP contribution in [0.3, 0.4) is 0 Å². The zero-order chi connectivity index (χ0) is 18.7. The van der Waals surface area contributed by atoms with Gasteiger partial charge in [-0.15, -0.1) is 0 Å². The minimum Gasteiger partial charge on any atom is -0.348 e. The molecule has 0 aliphatic carbocycles. The van der Waals surface area contributed by atoms with Gasteiger partial charge >= 0.3 is 0 Å². The SMILES string of the molecule is Cc1cccc(-n2nc(C)c(C(=O)NCc3cccnc3)c2C(C)C)c1. The number of carbonyl (C=O) groups is 1. The Morgan fingerprint density at radius 1 is 1.19 bits per heavy atom. The van der Waals surface area contributed by atoms with Crippen LogP contribution in [0.4, 0.5) is 0 Å². The first-order valence-electron chi connectivity index (χ1n) is 8.81. The molecule has 2 heterocycles. The number of aryl methyl sites for hydroxylation is 2. The number of carbonyl (C=O) groups excluding carboxylic acids is 1. The van der Waals surface area contributed by atoms with Crippen LogP contribution in [0.25, 0.3) is 5.69 Å². The average Bonchev–Trinajstić information content (AvgIpc) is 2.98. The highest BCUT2D eigenvalue weighted by Crippen LogP contribution is 2.26. The fraction of sp³-hybridized carbons (Fsp3) is 0.286. The maximum Gasteiger partial charge on any atom is 0.255 e. The predicted octanol–water partition coefficient (Wildman–Crippen LogP) is 3.94. The topological polar surface area (TPSA) is 59.8 Å². The monoisotopic (exact) mass is 348 g/mol. The molecule has 1 aromatic carbocycles. The van der Waals surface area contributed by atoms with Gasteiger partial charge in [0, 0.05) is 18.9 Å². The number of hydrogen-bond acceptors (Lipinski definition) is 3. The Morgan fingerprint density at radius 2 is 2.00 bits per heavy atom. The predicted molar refractivity (Wildman–Crippen MR) is 103 cm³/mol. The fourth-order valence-electron chi connectivity index (χ4n) is 3.09. The zero-order valence-corrected chi connectivity index (χ0v) is 15.7. The Bertz CT molecular complexity index is 913. The van der Waals surface area contributed by atoms with E-state index in [0.717, 1.165) is 28.2 Å². The van der Waals surface area contributed by atoms with Gasteiger partial charge in [-0.2, -0.15) is 5.10 Å². The number of rotatable bonds is 5. The third-order valence-electron chi connectivity index (χ3n) is 4.29. The Labute approximate surface area is 154 Å². The van der Waals surface area contributed by atoms with E-state index in [9.17, 15) is 4.79 Å². The number of benzene rings is 1. The molecule has 0 aliphatic rings. The van der Waals surface area contributed by atoms with Crippen molar-refractivity contribution in [1.82, 2.24) is 20.1 Å². The standard InChI is InChI=1S/C21H24N4O/c1-14(2)20-19(21(26)23-13-17-8-6-10-22-12-17)16(4)24-25(20)18-9-5-7-15(3)11-18/h5-12,14H,13H2,1-4H3,(H,23,26). The fourth-order valence-corrected chi connectivity index (χ4v) is 3.09. The van der Waals surface area contributed by atoms with Crippen LogP contribution in [0.2, 0.25) is 0 Å². The van der Waals surface area contributed by atoms with Crippen molar-refractivity contribution in [2.75, 3.05) is 0 Å². The molecule has 0 unspecified atom stereocenters. The lowest BCUT2D eigenvalue weighted by molar-refractivity contribution is 0.0949. The lowest BCUT2D eigenvalue weighted by Gasteiger charge is -2.13. The van der Waals surface area contributed by atoms with Crippen LogP contribution in [0, 0.1) is 13.8 Å². The van der Waals surface area contributed by atoms with E-state index in [1.807, 2.05) is 35.9 Å². The molecule has 134 valence electrons. The van der Waals surface area contributed by atoms with E-state index in [4.69, 9.17) is 0 Å². The molecule has 2 aromatic heterocycles. The Morgan fingerprint density at radius 3 is 2.65 bits per heavy atom. The van der Waals surface area contributed by atoms with E-state index >= 15 is 0 Å². The molecule has 0 saturated heterocycles. The van der Waals surface area contributed by atoms with E-state index in [2.05, 4.69) is 48.3 Å². The Kier molecular flexibility index (Phi) is 5.16. The second kappa shape index (κ2) is 7.52. The first-order chi connectivity index (χ1) is 12.5. The van der Waals surface area contributed by atoms with Gasteiger partial charge in [0.25, 0.3) is 5.91 Å². The van der Waals surface area contributed by atoms with Gasteiger partial charge in [-0.05, 0) is 49.1 Å². The summed E-state index contributed by atoms with van der Waals surface area (Å²) in [6.45, 7) is 8.55. The van der Waals surface area contributed by atoms with Crippen molar-refractivity contribution < 1.29 is 4.79 Å². The molecular formula is C21H24N4O. The maximum atomic E-state index is 12.9. The van der Waals surface area contributed by atoms with Crippen molar-refractivity contribution in [3.63, 3.8) is 0 Å². The second-order valence-electron chi connectivity index (χ2n) is 6.80. The molecule has 0 fully saturated rings. The smallest absolute Gasteiger partial charge is 0.255 e. The molecule has 0 spiro atoms. The van der Waals surface area contributed by atoms with Gasteiger partial charge in [-0.25, -0.2) is 4.68 Å². The maximum absolute atomic E-state index is 12.9. The lowest BCUT2D eigenvalue weighted by Crippen LogP contribution is -2.25. The first kappa shape index (κ1) is 17.9. The van der Waals surface area contributed by atoms with Gasteiger partial charge in [0.2, 0.25) is 0 Å². The molecule has 1 N–H and O–H groups in total. The van der Waals surface area contributed by atoms with Gasteiger partial charge in [0.05, 0.1) is 22.6 Å². The first-order valence-corrected chi connectivity index (χ1v) is 8.81. The summed E-state index contributed by atoms with van der Waals surface area (Å²) in [6.07, 6.45) is 3.48. The third kappa shape index (κ3) is 3.67. The Balaban J connectivity index is 1.95. The van der Waals surface area contributed by atoms with E-state index in [1.165, 1.54) is 0 Å². The molecule has 1 amide bonds. The molecule has 0 aliphatic heterocycles. The highest BCUT2D eigenvalue weighted by atomic mass is 16.1. The summed E-state index contributed by atoms with van der Waals surface area (Å²) >= 11 is 0. The number of hydrogen-bond donors (Lipinski definition) is 1.